The number of rotatable bonds is 4. The molecule has 0 aromatic rings. The summed E-state index contributed by atoms with van der Waals surface area (Å²) in [6.07, 6.45) is 2.05. The Kier molecular flexibility index (Phi) is 3.78. The quantitative estimate of drug-likeness (QED) is 0.699. The van der Waals surface area contributed by atoms with E-state index in [0.29, 0.717) is 18.2 Å². The molecule has 1 heterocycles. The maximum atomic E-state index is 11.2. The van der Waals surface area contributed by atoms with E-state index in [1.807, 2.05) is 0 Å². The summed E-state index contributed by atoms with van der Waals surface area (Å²) < 4.78 is 0. The number of thioether (sulfide) groups is 1. The van der Waals surface area contributed by atoms with Crippen LogP contribution in [0.15, 0.2) is 0 Å². The lowest BCUT2D eigenvalue weighted by Gasteiger charge is -2.19. The van der Waals surface area contributed by atoms with Crippen LogP contribution in [0.1, 0.15) is 26.7 Å². The van der Waals surface area contributed by atoms with E-state index in [9.17, 15) is 9.59 Å². The maximum Gasteiger partial charge on any atom is 0.288 e. The number of carbonyl (C=O) groups is 2. The minimum atomic E-state index is -0.0723. The second kappa shape index (κ2) is 4.65. The number of hydrogen-bond acceptors (Lipinski definition) is 3. The van der Waals surface area contributed by atoms with Gasteiger partial charge in [0.25, 0.3) is 5.24 Å². The summed E-state index contributed by atoms with van der Waals surface area (Å²) in [6.45, 7) is 4.79. The molecule has 1 fully saturated rings. The van der Waals surface area contributed by atoms with Crippen molar-refractivity contribution in [2.24, 2.45) is 5.92 Å². The molecule has 3 nitrogen and oxygen atoms in total. The smallest absolute Gasteiger partial charge is 0.273 e. The predicted octanol–water partition coefficient (Wildman–Crippen LogP) is 2.12. The molecule has 1 rings (SSSR count). The molecule has 1 aliphatic rings. The fourth-order valence-electron chi connectivity index (χ4n) is 1.36. The van der Waals surface area contributed by atoms with Crippen LogP contribution in [0.3, 0.4) is 0 Å². The van der Waals surface area contributed by atoms with Crippen LogP contribution in [0, 0.1) is 5.92 Å². The Balaban J connectivity index is 2.51. The van der Waals surface area contributed by atoms with Crippen LogP contribution in [-0.4, -0.2) is 28.3 Å². The Hall–Kier alpha value is -0.510. The molecule has 0 aromatic heterocycles. The molecular weight excluding hydrogens is 186 g/mol. The minimum Gasteiger partial charge on any atom is -0.273 e. The van der Waals surface area contributed by atoms with Gasteiger partial charge in [-0.15, -0.1) is 0 Å². The molecule has 0 atom stereocenters. The van der Waals surface area contributed by atoms with Crippen LogP contribution in [-0.2, 0) is 4.79 Å². The Bertz CT molecular complexity index is 198. The Morgan fingerprint density at radius 3 is 2.38 bits per heavy atom. The molecule has 0 radical (unpaired) electrons. The average molecular weight is 201 g/mol. The Labute approximate surface area is 82.9 Å². The lowest BCUT2D eigenvalue weighted by atomic mass is 10.0. The summed E-state index contributed by atoms with van der Waals surface area (Å²) in [7, 11) is 0. The second-order valence-corrected chi connectivity index (χ2v) is 4.17. The van der Waals surface area contributed by atoms with Crippen molar-refractivity contribution in [2.75, 3.05) is 12.3 Å². The molecule has 0 saturated carbocycles. The zero-order chi connectivity index (χ0) is 9.84. The van der Waals surface area contributed by atoms with Crippen molar-refractivity contribution in [2.45, 2.75) is 26.7 Å². The molecule has 4 heteroatoms. The third-order valence-electron chi connectivity index (χ3n) is 2.44. The van der Waals surface area contributed by atoms with Gasteiger partial charge >= 0.3 is 0 Å². The van der Waals surface area contributed by atoms with E-state index in [4.69, 9.17) is 0 Å². The maximum absolute atomic E-state index is 11.2. The van der Waals surface area contributed by atoms with Gasteiger partial charge in [-0.2, -0.15) is 0 Å². The van der Waals surface area contributed by atoms with Crippen LogP contribution in [0.25, 0.3) is 0 Å². The van der Waals surface area contributed by atoms with E-state index in [0.717, 1.165) is 24.6 Å². The number of carbonyl (C=O) groups excluding carboxylic acids is 2. The molecule has 13 heavy (non-hydrogen) atoms. The first kappa shape index (κ1) is 10.6. The van der Waals surface area contributed by atoms with Crippen molar-refractivity contribution < 1.29 is 9.59 Å². The van der Waals surface area contributed by atoms with Gasteiger partial charge in [0.15, 0.2) is 0 Å². The highest BCUT2D eigenvalue weighted by molar-refractivity contribution is 8.14. The van der Waals surface area contributed by atoms with Crippen molar-refractivity contribution in [1.29, 1.82) is 0 Å². The molecule has 1 saturated heterocycles. The van der Waals surface area contributed by atoms with Gasteiger partial charge in [-0.05, 0) is 5.92 Å². The summed E-state index contributed by atoms with van der Waals surface area (Å²) in [6, 6.07) is 0. The van der Waals surface area contributed by atoms with Crippen molar-refractivity contribution in [3.8, 4) is 0 Å². The monoisotopic (exact) mass is 201 g/mol. The topological polar surface area (TPSA) is 37.4 Å². The second-order valence-electron chi connectivity index (χ2n) is 3.24. The van der Waals surface area contributed by atoms with E-state index < -0.39 is 0 Å². The van der Waals surface area contributed by atoms with Gasteiger partial charge in [0, 0.05) is 6.54 Å². The van der Waals surface area contributed by atoms with Crippen molar-refractivity contribution in [3.05, 3.63) is 0 Å². The first-order valence-electron chi connectivity index (χ1n) is 4.66. The third kappa shape index (κ3) is 2.46. The number of amides is 2. The van der Waals surface area contributed by atoms with Crippen LogP contribution in [0.4, 0.5) is 4.79 Å². The van der Waals surface area contributed by atoms with E-state index in [1.54, 1.807) is 0 Å². The van der Waals surface area contributed by atoms with Gasteiger partial charge in [0.2, 0.25) is 5.91 Å². The summed E-state index contributed by atoms with van der Waals surface area (Å²) in [4.78, 5) is 23.8. The number of hydrogen-bond donors (Lipinski definition) is 0. The van der Waals surface area contributed by atoms with Crippen molar-refractivity contribution in [3.63, 3.8) is 0 Å². The zero-order valence-electron chi connectivity index (χ0n) is 8.08. The first-order chi connectivity index (χ1) is 6.19. The normalized spacial score (nSPS) is 17.6. The van der Waals surface area contributed by atoms with Gasteiger partial charge in [0.1, 0.15) is 0 Å². The summed E-state index contributed by atoms with van der Waals surface area (Å²) in [5, 5.41) is -0.0723. The predicted molar refractivity (Wildman–Crippen MR) is 53.6 cm³/mol. The molecule has 2 amide bonds. The standard InChI is InChI=1S/C9H15NO2S/c1-3-7(4-2)5-10-8(11)6-13-9(10)12/h7H,3-6H2,1-2H3. The van der Waals surface area contributed by atoms with Crippen LogP contribution in [0.5, 0.6) is 0 Å². The highest BCUT2D eigenvalue weighted by Gasteiger charge is 2.30. The van der Waals surface area contributed by atoms with Crippen LogP contribution >= 0.6 is 11.8 Å². The van der Waals surface area contributed by atoms with Crippen LogP contribution in [0.2, 0.25) is 0 Å². The van der Waals surface area contributed by atoms with E-state index >= 15 is 0 Å². The van der Waals surface area contributed by atoms with Gasteiger partial charge in [-0.25, -0.2) is 0 Å². The molecule has 0 unspecified atom stereocenters. The van der Waals surface area contributed by atoms with Gasteiger partial charge in [-0.3, -0.25) is 14.5 Å². The molecule has 1 aliphatic heterocycles. The molecule has 0 aliphatic carbocycles. The fraction of sp³-hybridized carbons (Fsp3) is 0.778. The van der Waals surface area contributed by atoms with Crippen molar-refractivity contribution >= 4 is 22.9 Å². The lowest BCUT2D eigenvalue weighted by molar-refractivity contribution is -0.125. The van der Waals surface area contributed by atoms with Gasteiger partial charge in [-0.1, -0.05) is 38.5 Å². The summed E-state index contributed by atoms with van der Waals surface area (Å²) in [5.74, 6) is 0.771. The molecule has 74 valence electrons. The highest BCUT2D eigenvalue weighted by atomic mass is 32.2. The SMILES string of the molecule is CCC(CC)CN1C(=O)CSC1=O. The van der Waals surface area contributed by atoms with Crippen LogP contribution < -0.4 is 0 Å². The number of imide groups is 1. The average Bonchev–Trinajstić information content (AvgIpc) is 2.44. The van der Waals surface area contributed by atoms with E-state index in [1.165, 1.54) is 4.90 Å². The third-order valence-corrected chi connectivity index (χ3v) is 3.29. The molecule has 0 bridgehead atoms. The number of nitrogens with zero attached hydrogens (tertiary/aromatic N) is 1. The van der Waals surface area contributed by atoms with Crippen molar-refractivity contribution in [1.82, 2.24) is 4.90 Å². The largest absolute Gasteiger partial charge is 0.288 e. The van der Waals surface area contributed by atoms with Gasteiger partial charge < -0.3 is 0 Å². The van der Waals surface area contributed by atoms with E-state index in [2.05, 4.69) is 13.8 Å². The van der Waals surface area contributed by atoms with E-state index in [-0.39, 0.29) is 11.1 Å². The highest BCUT2D eigenvalue weighted by Crippen LogP contribution is 2.21. The zero-order valence-corrected chi connectivity index (χ0v) is 8.89. The Morgan fingerprint density at radius 1 is 1.38 bits per heavy atom. The summed E-state index contributed by atoms with van der Waals surface area (Å²) in [5.41, 5.74) is 0. The summed E-state index contributed by atoms with van der Waals surface area (Å²) >= 11 is 1.11. The first-order valence-corrected chi connectivity index (χ1v) is 5.64. The van der Waals surface area contributed by atoms with Gasteiger partial charge in [0.05, 0.1) is 5.75 Å². The Morgan fingerprint density at radius 2 is 2.00 bits per heavy atom. The lowest BCUT2D eigenvalue weighted by Crippen LogP contribution is -2.33. The molecule has 0 spiro atoms. The molecule has 0 aromatic carbocycles. The fourth-order valence-corrected chi connectivity index (χ4v) is 2.10. The molecule has 0 N–H and O–H groups in total. The minimum absolute atomic E-state index is 0.0260. The molecular formula is C9H15NO2S.